The molecule has 2 aromatic carbocycles. The second-order valence-corrected chi connectivity index (χ2v) is 7.50. The van der Waals surface area contributed by atoms with Gasteiger partial charge in [0.05, 0.1) is 27.4 Å². The summed E-state index contributed by atoms with van der Waals surface area (Å²) < 4.78 is 10.5. The summed E-state index contributed by atoms with van der Waals surface area (Å²) in [6.45, 7) is 0.373. The molecule has 188 valence electrons. The van der Waals surface area contributed by atoms with Crippen LogP contribution in [0.2, 0.25) is 0 Å². The lowest BCUT2D eigenvalue weighted by Gasteiger charge is -2.15. The molecule has 0 saturated heterocycles. The van der Waals surface area contributed by atoms with Crippen LogP contribution in [0.5, 0.6) is 11.5 Å². The van der Waals surface area contributed by atoms with Crippen LogP contribution in [0.4, 0.5) is 34.9 Å². The van der Waals surface area contributed by atoms with Crippen LogP contribution in [0.3, 0.4) is 0 Å². The molecule has 0 saturated carbocycles. The number of ether oxygens (including phenoxy) is 2. The highest BCUT2D eigenvalue weighted by Gasteiger charge is 2.17. The molecule has 4 aromatic rings. The number of rotatable bonds is 12. The van der Waals surface area contributed by atoms with Gasteiger partial charge in [0, 0.05) is 24.5 Å². The standard InChI is InChI=1S/C24H28N8O4/c1-35-17-7-3-15(4-8-17)27-21-19-20(30-23(31-21)25-11-13-33)22(32-24(29-19)26-12-14-34)28-16-5-9-18(36-2)10-6-16/h3-10,33-34H,11-14H2,1-2H3,(H2,25,27,30,31)(H2,26,28,29,32). The van der Waals surface area contributed by atoms with E-state index in [9.17, 15) is 10.2 Å². The second kappa shape index (κ2) is 11.8. The van der Waals surface area contributed by atoms with Crippen molar-refractivity contribution in [1.29, 1.82) is 0 Å². The zero-order valence-corrected chi connectivity index (χ0v) is 19.9. The fourth-order valence-electron chi connectivity index (χ4n) is 3.31. The van der Waals surface area contributed by atoms with E-state index in [4.69, 9.17) is 9.47 Å². The summed E-state index contributed by atoms with van der Waals surface area (Å²) in [5.74, 6) is 2.90. The van der Waals surface area contributed by atoms with E-state index in [1.165, 1.54) is 0 Å². The highest BCUT2D eigenvalue weighted by atomic mass is 16.5. The molecule has 0 unspecified atom stereocenters. The Kier molecular flexibility index (Phi) is 8.11. The number of fused-ring (bicyclic) bond motifs is 1. The van der Waals surface area contributed by atoms with Crippen LogP contribution in [0.1, 0.15) is 0 Å². The minimum atomic E-state index is -0.0832. The first-order valence-corrected chi connectivity index (χ1v) is 11.2. The number of hydrogen-bond acceptors (Lipinski definition) is 12. The van der Waals surface area contributed by atoms with Gasteiger partial charge in [0.25, 0.3) is 0 Å². The molecular formula is C24H28N8O4. The molecule has 6 N–H and O–H groups in total. The second-order valence-electron chi connectivity index (χ2n) is 7.50. The van der Waals surface area contributed by atoms with E-state index in [1.807, 2.05) is 48.5 Å². The van der Waals surface area contributed by atoms with E-state index in [0.29, 0.717) is 34.6 Å². The van der Waals surface area contributed by atoms with Crippen molar-refractivity contribution < 1.29 is 19.7 Å². The van der Waals surface area contributed by atoms with Crippen LogP contribution in [-0.2, 0) is 0 Å². The number of benzene rings is 2. The summed E-state index contributed by atoms with van der Waals surface area (Å²) in [7, 11) is 3.21. The summed E-state index contributed by atoms with van der Waals surface area (Å²) in [4.78, 5) is 18.4. The molecular weight excluding hydrogens is 464 g/mol. The van der Waals surface area contributed by atoms with E-state index in [2.05, 4.69) is 41.2 Å². The molecule has 0 spiro atoms. The number of nitrogens with one attached hydrogen (secondary N) is 4. The molecule has 0 amide bonds. The Morgan fingerprint density at radius 1 is 0.611 bits per heavy atom. The van der Waals surface area contributed by atoms with E-state index in [0.717, 1.165) is 22.9 Å². The van der Waals surface area contributed by atoms with Crippen LogP contribution in [-0.4, -0.2) is 70.7 Å². The molecule has 0 bridgehead atoms. The molecule has 0 aliphatic heterocycles. The molecule has 36 heavy (non-hydrogen) atoms. The third-order valence-electron chi connectivity index (χ3n) is 5.04. The molecule has 2 aromatic heterocycles. The molecule has 12 nitrogen and oxygen atoms in total. The molecule has 0 radical (unpaired) electrons. The van der Waals surface area contributed by atoms with Crippen molar-refractivity contribution in [3.8, 4) is 11.5 Å². The Morgan fingerprint density at radius 2 is 1.00 bits per heavy atom. The van der Waals surface area contributed by atoms with Gasteiger partial charge in [-0.15, -0.1) is 0 Å². The molecule has 2 heterocycles. The molecule has 0 aliphatic carbocycles. The van der Waals surface area contributed by atoms with Gasteiger partial charge in [-0.05, 0) is 48.5 Å². The van der Waals surface area contributed by atoms with E-state index in [1.54, 1.807) is 14.2 Å². The zero-order valence-electron chi connectivity index (χ0n) is 19.9. The van der Waals surface area contributed by atoms with Crippen molar-refractivity contribution in [3.63, 3.8) is 0 Å². The maximum Gasteiger partial charge on any atom is 0.225 e. The zero-order chi connectivity index (χ0) is 25.3. The summed E-state index contributed by atoms with van der Waals surface area (Å²) in [6, 6.07) is 14.7. The SMILES string of the molecule is COc1ccc(Nc2nc(NCCO)nc3c(Nc4ccc(OC)cc4)nc(NCCO)nc23)cc1. The highest BCUT2D eigenvalue weighted by Crippen LogP contribution is 2.31. The van der Waals surface area contributed by atoms with Gasteiger partial charge in [0.2, 0.25) is 11.9 Å². The number of aliphatic hydroxyl groups is 2. The number of hydrogen-bond donors (Lipinski definition) is 6. The lowest BCUT2D eigenvalue weighted by atomic mass is 10.2. The predicted molar refractivity (Wildman–Crippen MR) is 139 cm³/mol. The summed E-state index contributed by atoms with van der Waals surface area (Å²) in [6.07, 6.45) is 0. The molecule has 0 atom stereocenters. The Morgan fingerprint density at radius 3 is 1.33 bits per heavy atom. The van der Waals surface area contributed by atoms with Gasteiger partial charge in [-0.3, -0.25) is 0 Å². The van der Waals surface area contributed by atoms with Gasteiger partial charge < -0.3 is 41.0 Å². The largest absolute Gasteiger partial charge is 0.497 e. The van der Waals surface area contributed by atoms with E-state index >= 15 is 0 Å². The number of aliphatic hydroxyl groups excluding tert-OH is 2. The van der Waals surface area contributed by atoms with Crippen LogP contribution in [0, 0.1) is 0 Å². The van der Waals surface area contributed by atoms with Gasteiger partial charge in [0.1, 0.15) is 22.5 Å². The average Bonchev–Trinajstić information content (AvgIpc) is 2.92. The first kappa shape index (κ1) is 24.7. The van der Waals surface area contributed by atoms with Crippen LogP contribution < -0.4 is 30.7 Å². The number of methoxy groups -OCH3 is 2. The quantitative estimate of drug-likeness (QED) is 0.172. The topological polar surface area (TPSA) is 159 Å². The summed E-state index contributed by atoms with van der Waals surface area (Å²) >= 11 is 0. The smallest absolute Gasteiger partial charge is 0.225 e. The van der Waals surface area contributed by atoms with E-state index < -0.39 is 0 Å². The number of aromatic nitrogens is 4. The fraction of sp³-hybridized carbons (Fsp3) is 0.250. The molecule has 4 rings (SSSR count). The Hall–Kier alpha value is -4.42. The Balaban J connectivity index is 1.82. The Labute approximate surface area is 207 Å². The van der Waals surface area contributed by atoms with Gasteiger partial charge in [-0.25, -0.2) is 9.97 Å². The average molecular weight is 493 g/mol. The van der Waals surface area contributed by atoms with Crippen molar-refractivity contribution in [2.45, 2.75) is 0 Å². The van der Waals surface area contributed by atoms with Crippen LogP contribution in [0.15, 0.2) is 48.5 Å². The van der Waals surface area contributed by atoms with Crippen molar-refractivity contribution in [3.05, 3.63) is 48.5 Å². The minimum Gasteiger partial charge on any atom is -0.497 e. The first-order chi connectivity index (χ1) is 17.6. The summed E-state index contributed by atoms with van der Waals surface area (Å²) in [5, 5.41) is 31.1. The van der Waals surface area contributed by atoms with Gasteiger partial charge in [-0.1, -0.05) is 0 Å². The van der Waals surface area contributed by atoms with Crippen molar-refractivity contribution in [1.82, 2.24) is 19.9 Å². The minimum absolute atomic E-state index is 0.0832. The molecule has 12 heteroatoms. The third-order valence-corrected chi connectivity index (χ3v) is 5.04. The van der Waals surface area contributed by atoms with Crippen molar-refractivity contribution in [2.75, 3.05) is 61.8 Å². The van der Waals surface area contributed by atoms with Gasteiger partial charge in [-0.2, -0.15) is 9.97 Å². The van der Waals surface area contributed by atoms with Crippen molar-refractivity contribution >= 4 is 45.9 Å². The maximum absolute atomic E-state index is 9.28. The lowest BCUT2D eigenvalue weighted by Crippen LogP contribution is -2.13. The fourth-order valence-corrected chi connectivity index (χ4v) is 3.31. The first-order valence-electron chi connectivity index (χ1n) is 11.2. The van der Waals surface area contributed by atoms with E-state index in [-0.39, 0.29) is 26.3 Å². The summed E-state index contributed by atoms with van der Waals surface area (Å²) in [5.41, 5.74) is 2.42. The lowest BCUT2D eigenvalue weighted by molar-refractivity contribution is 0.310. The number of nitrogens with zero attached hydrogens (tertiary/aromatic N) is 4. The predicted octanol–water partition coefficient (Wildman–Crippen LogP) is 2.73. The van der Waals surface area contributed by atoms with Crippen LogP contribution in [0.25, 0.3) is 11.0 Å². The third kappa shape index (κ3) is 5.98. The van der Waals surface area contributed by atoms with Crippen LogP contribution >= 0.6 is 0 Å². The number of anilines is 6. The van der Waals surface area contributed by atoms with Gasteiger partial charge in [0.15, 0.2) is 11.6 Å². The van der Waals surface area contributed by atoms with Gasteiger partial charge >= 0.3 is 0 Å². The maximum atomic E-state index is 9.28. The van der Waals surface area contributed by atoms with Crippen molar-refractivity contribution in [2.24, 2.45) is 0 Å². The molecule has 0 aliphatic rings. The normalized spacial score (nSPS) is 10.7. The monoisotopic (exact) mass is 492 g/mol. The highest BCUT2D eigenvalue weighted by molar-refractivity contribution is 5.96. The Bertz CT molecular complexity index is 1190. The molecule has 0 fully saturated rings.